The summed E-state index contributed by atoms with van der Waals surface area (Å²) in [5.41, 5.74) is 0.970. The maximum atomic E-state index is 8.38. The third kappa shape index (κ3) is 2.35. The van der Waals surface area contributed by atoms with Gasteiger partial charge >= 0.3 is 0 Å². The van der Waals surface area contributed by atoms with Crippen molar-refractivity contribution in [3.63, 3.8) is 0 Å². The van der Waals surface area contributed by atoms with Crippen LogP contribution in [0.25, 0.3) is 0 Å². The molecule has 0 fully saturated rings. The molecule has 0 saturated heterocycles. The summed E-state index contributed by atoms with van der Waals surface area (Å²) in [7, 11) is 0. The van der Waals surface area contributed by atoms with E-state index in [1.54, 1.807) is 0 Å². The van der Waals surface area contributed by atoms with E-state index in [-0.39, 0.29) is 0 Å². The monoisotopic (exact) mass is 277 g/mol. The van der Waals surface area contributed by atoms with Crippen LogP contribution in [0, 0.1) is 14.9 Å². The molecule has 1 rings (SSSR count). The molecular formula is C8H5ClIN. The lowest BCUT2D eigenvalue weighted by atomic mass is 10.2. The first-order chi connectivity index (χ1) is 5.24. The van der Waals surface area contributed by atoms with Crippen LogP contribution in [0.3, 0.4) is 0 Å². The van der Waals surface area contributed by atoms with Crippen molar-refractivity contribution < 1.29 is 0 Å². The van der Waals surface area contributed by atoms with Gasteiger partial charge in [0, 0.05) is 3.57 Å². The van der Waals surface area contributed by atoms with Crippen molar-refractivity contribution in [1.82, 2.24) is 0 Å². The van der Waals surface area contributed by atoms with E-state index in [1.807, 2.05) is 18.2 Å². The lowest BCUT2D eigenvalue weighted by molar-refractivity contribution is 1.26. The van der Waals surface area contributed by atoms with Gasteiger partial charge in [0.1, 0.15) is 0 Å². The zero-order valence-corrected chi connectivity index (χ0v) is 8.56. The van der Waals surface area contributed by atoms with Gasteiger partial charge in [-0.1, -0.05) is 17.7 Å². The standard InChI is InChI=1S/C8H5ClIN/c9-7-5-6(3-4-11)1-2-8(7)10/h1-2,5H,3H2. The van der Waals surface area contributed by atoms with Crippen LogP contribution < -0.4 is 0 Å². The number of nitrogens with zero attached hydrogens (tertiary/aromatic N) is 1. The molecule has 0 N–H and O–H groups in total. The Morgan fingerprint density at radius 2 is 2.27 bits per heavy atom. The fraction of sp³-hybridized carbons (Fsp3) is 0.125. The second kappa shape index (κ2) is 3.93. The van der Waals surface area contributed by atoms with E-state index in [1.165, 1.54) is 0 Å². The number of hydrogen-bond donors (Lipinski definition) is 0. The number of hydrogen-bond acceptors (Lipinski definition) is 1. The smallest absolute Gasteiger partial charge is 0.0669 e. The molecule has 0 aromatic heterocycles. The van der Waals surface area contributed by atoms with Crippen LogP contribution in [-0.4, -0.2) is 0 Å². The van der Waals surface area contributed by atoms with Gasteiger partial charge in [0.15, 0.2) is 0 Å². The van der Waals surface area contributed by atoms with Crippen LogP contribution in [0.15, 0.2) is 18.2 Å². The van der Waals surface area contributed by atoms with Crippen LogP contribution in [0.5, 0.6) is 0 Å². The molecule has 1 nitrogen and oxygen atoms in total. The highest BCUT2D eigenvalue weighted by atomic mass is 127. The maximum absolute atomic E-state index is 8.38. The van der Waals surface area contributed by atoms with E-state index in [4.69, 9.17) is 16.9 Å². The summed E-state index contributed by atoms with van der Waals surface area (Å²) < 4.78 is 1.02. The van der Waals surface area contributed by atoms with Gasteiger partial charge in [-0.25, -0.2) is 0 Å². The highest BCUT2D eigenvalue weighted by Gasteiger charge is 1.97. The van der Waals surface area contributed by atoms with Crippen molar-refractivity contribution in [1.29, 1.82) is 5.26 Å². The molecule has 1 aromatic rings. The minimum atomic E-state index is 0.427. The number of benzene rings is 1. The first-order valence-electron chi connectivity index (χ1n) is 3.05. The van der Waals surface area contributed by atoms with Crippen molar-refractivity contribution in [2.75, 3.05) is 0 Å². The molecule has 0 heterocycles. The molecule has 0 aliphatic carbocycles. The van der Waals surface area contributed by atoms with Crippen LogP contribution in [0.2, 0.25) is 5.02 Å². The van der Waals surface area contributed by atoms with E-state index < -0.39 is 0 Å². The average molecular weight is 277 g/mol. The fourth-order valence-electron chi connectivity index (χ4n) is 0.741. The molecule has 0 atom stereocenters. The zero-order valence-electron chi connectivity index (χ0n) is 5.64. The molecule has 0 aliphatic rings. The van der Waals surface area contributed by atoms with Gasteiger partial charge in [-0.2, -0.15) is 5.26 Å². The minimum absolute atomic E-state index is 0.427. The van der Waals surface area contributed by atoms with Gasteiger partial charge in [-0.05, 0) is 40.3 Å². The topological polar surface area (TPSA) is 23.8 Å². The normalized spacial score (nSPS) is 9.18. The Morgan fingerprint density at radius 1 is 1.55 bits per heavy atom. The largest absolute Gasteiger partial charge is 0.198 e. The molecule has 11 heavy (non-hydrogen) atoms. The molecule has 1 aromatic carbocycles. The molecule has 0 spiro atoms. The van der Waals surface area contributed by atoms with Gasteiger partial charge in [0.25, 0.3) is 0 Å². The molecule has 0 unspecified atom stereocenters. The van der Waals surface area contributed by atoms with Crippen LogP contribution in [-0.2, 0) is 6.42 Å². The Balaban J connectivity index is 2.98. The van der Waals surface area contributed by atoms with Gasteiger partial charge in [0.2, 0.25) is 0 Å². The molecule has 0 amide bonds. The molecule has 56 valence electrons. The lowest BCUT2D eigenvalue weighted by Gasteiger charge is -1.97. The number of nitriles is 1. The van der Waals surface area contributed by atoms with E-state index in [0.29, 0.717) is 6.42 Å². The Kier molecular flexibility index (Phi) is 3.16. The van der Waals surface area contributed by atoms with Crippen LogP contribution in [0.4, 0.5) is 0 Å². The van der Waals surface area contributed by atoms with Gasteiger partial charge in [-0.15, -0.1) is 0 Å². The summed E-state index contributed by atoms with van der Waals surface area (Å²) in [5, 5.41) is 9.11. The van der Waals surface area contributed by atoms with Gasteiger partial charge in [-0.3, -0.25) is 0 Å². The summed E-state index contributed by atoms with van der Waals surface area (Å²) >= 11 is 7.99. The quantitative estimate of drug-likeness (QED) is 0.724. The van der Waals surface area contributed by atoms with Crippen LogP contribution in [0.1, 0.15) is 5.56 Å². The highest BCUT2D eigenvalue weighted by Crippen LogP contribution is 2.19. The van der Waals surface area contributed by atoms with E-state index >= 15 is 0 Å². The molecule has 0 saturated carbocycles. The van der Waals surface area contributed by atoms with Crippen molar-refractivity contribution in [2.24, 2.45) is 0 Å². The van der Waals surface area contributed by atoms with Crippen LogP contribution >= 0.6 is 34.2 Å². The third-order valence-corrected chi connectivity index (χ3v) is 2.84. The zero-order chi connectivity index (χ0) is 8.27. The summed E-state index contributed by atoms with van der Waals surface area (Å²) in [6.45, 7) is 0. The summed E-state index contributed by atoms with van der Waals surface area (Å²) in [5.74, 6) is 0. The Morgan fingerprint density at radius 3 is 2.82 bits per heavy atom. The van der Waals surface area contributed by atoms with Crippen molar-refractivity contribution in [3.8, 4) is 6.07 Å². The van der Waals surface area contributed by atoms with Gasteiger partial charge < -0.3 is 0 Å². The van der Waals surface area contributed by atoms with Gasteiger partial charge in [0.05, 0.1) is 17.5 Å². The first kappa shape index (κ1) is 8.82. The number of halogens is 2. The summed E-state index contributed by atoms with van der Waals surface area (Å²) in [6.07, 6.45) is 0.427. The Hall–Kier alpha value is -0.270. The Bertz CT molecular complexity index is 303. The average Bonchev–Trinajstić information content (AvgIpc) is 1.98. The lowest BCUT2D eigenvalue weighted by Crippen LogP contribution is -1.82. The second-order valence-corrected chi connectivity index (χ2v) is 3.65. The molecular weight excluding hydrogens is 272 g/mol. The minimum Gasteiger partial charge on any atom is -0.198 e. The molecule has 0 aliphatic heterocycles. The van der Waals surface area contributed by atoms with Crippen molar-refractivity contribution in [2.45, 2.75) is 6.42 Å². The highest BCUT2D eigenvalue weighted by molar-refractivity contribution is 14.1. The van der Waals surface area contributed by atoms with Crippen molar-refractivity contribution >= 4 is 34.2 Å². The number of rotatable bonds is 1. The fourth-order valence-corrected chi connectivity index (χ4v) is 1.28. The SMILES string of the molecule is N#CCc1ccc(I)c(Cl)c1. The van der Waals surface area contributed by atoms with E-state index in [0.717, 1.165) is 14.2 Å². The Labute approximate surface area is 84.1 Å². The van der Waals surface area contributed by atoms with Crippen molar-refractivity contribution in [3.05, 3.63) is 32.4 Å². The molecule has 3 heteroatoms. The second-order valence-electron chi connectivity index (χ2n) is 2.08. The molecule has 0 bridgehead atoms. The van der Waals surface area contributed by atoms with E-state index in [2.05, 4.69) is 28.7 Å². The predicted octanol–water partition coefficient (Wildman–Crippen LogP) is 3.01. The first-order valence-corrected chi connectivity index (χ1v) is 4.50. The van der Waals surface area contributed by atoms with E-state index in [9.17, 15) is 0 Å². The summed E-state index contributed by atoms with van der Waals surface area (Å²) in [4.78, 5) is 0. The summed E-state index contributed by atoms with van der Waals surface area (Å²) in [6, 6.07) is 7.72. The third-order valence-electron chi connectivity index (χ3n) is 1.27. The predicted molar refractivity (Wildman–Crippen MR) is 53.5 cm³/mol. The molecule has 0 radical (unpaired) electrons. The maximum Gasteiger partial charge on any atom is 0.0669 e.